The van der Waals surface area contributed by atoms with E-state index in [1.54, 1.807) is 62.3 Å². The van der Waals surface area contributed by atoms with Crippen LogP contribution in [0.4, 0.5) is 17.6 Å². The minimum absolute atomic E-state index is 0. The first-order chi connectivity index (χ1) is 44.0. The molecule has 2 fully saturated rings. The van der Waals surface area contributed by atoms with Crippen LogP contribution in [-0.4, -0.2) is 114 Å². The standard InChI is InChI=1S/C11H10F4O2.C9H11NO3.C8H12O2.C7H14.C6H13NO.C5H8NO.C5H11O4P.C5H10O.C4H7NO.C4H7NS.C4H10O2S.CH4/c1-4(2)11(16)17-10-8(14)6(12)5(3)7(13)9(10)15;1-6(2)9(12)13-10-7(3)4-5-8(10)11;1-5(2)7-4-6(3)10-8(7)9;1-6(2)5-7-3-4-7;1-5(2)4-6(7)8-3;1-4(2)5(7)6-3;1-4(2)5(6)9-10(3,7)8;1-4(2)5(3)6;2*1-4(2)5-3-6;1-4(2)7(3,5)6;/h4H,1-3H3;4-6H,3H2,1-2H3;5,7H,3-4H2,1-2H3;6-7H,3-5H2,1-2H3;5,7H,4H2,1-3H3;3-4H,1-2H3;4H,1-3H3,(H,7,8);4H,1-3H3;2*4H,1-2H3;4H,1-3H3;1H4/q;;;;;+1;;;;;;. The molecule has 1 aromatic carbocycles. The van der Waals surface area contributed by atoms with Gasteiger partial charge in [-0.25, -0.2) is 46.1 Å². The van der Waals surface area contributed by atoms with Crippen LogP contribution in [0.15, 0.2) is 46.8 Å². The molecule has 0 radical (unpaired) electrons. The van der Waals surface area contributed by atoms with Gasteiger partial charge in [-0.1, -0.05) is 130 Å². The van der Waals surface area contributed by atoms with Crippen molar-refractivity contribution in [1.29, 1.82) is 5.41 Å². The van der Waals surface area contributed by atoms with Crippen LogP contribution in [0.2, 0.25) is 0 Å². The maximum absolute atomic E-state index is 13.3. The van der Waals surface area contributed by atoms with Gasteiger partial charge in [-0.3, -0.25) is 29.4 Å². The molecule has 2 atom stereocenters. The molecule has 4 rings (SSSR count). The molecule has 564 valence electrons. The van der Waals surface area contributed by atoms with Crippen molar-refractivity contribution in [3.63, 3.8) is 0 Å². The van der Waals surface area contributed by atoms with Gasteiger partial charge in [0.2, 0.25) is 23.5 Å². The van der Waals surface area contributed by atoms with E-state index in [1.165, 1.54) is 64.7 Å². The van der Waals surface area contributed by atoms with Crippen LogP contribution in [0.25, 0.3) is 4.85 Å². The monoisotopic (exact) mass is 1460 g/mol. The number of halogens is 4. The summed E-state index contributed by atoms with van der Waals surface area (Å²) in [6.07, 6.45) is 11.4. The van der Waals surface area contributed by atoms with Crippen LogP contribution in [0.3, 0.4) is 0 Å². The zero-order valence-electron chi connectivity index (χ0n) is 62.2. The van der Waals surface area contributed by atoms with Crippen molar-refractivity contribution in [3.8, 4) is 12.3 Å². The Kier molecular flexibility index (Phi) is 62.2. The molecule has 1 aliphatic carbocycles. The number of nitrogens with zero attached hydrogens (tertiary/aromatic N) is 4. The van der Waals surface area contributed by atoms with E-state index < -0.39 is 75.8 Å². The van der Waals surface area contributed by atoms with Crippen molar-refractivity contribution >= 4 is 88.3 Å². The van der Waals surface area contributed by atoms with Crippen LogP contribution < -0.4 is 4.74 Å². The van der Waals surface area contributed by atoms with Crippen molar-refractivity contribution in [2.45, 2.75) is 223 Å². The van der Waals surface area contributed by atoms with Gasteiger partial charge in [0.15, 0.2) is 17.5 Å². The molecule has 2 N–H and O–H groups in total. The number of cyclic esters (lactones) is 1. The molecular weight excluding hydrogens is 1340 g/mol. The molecule has 2 amide bonds. The zero-order chi connectivity index (χ0) is 78.3. The summed E-state index contributed by atoms with van der Waals surface area (Å²) in [4.78, 5) is 108. The van der Waals surface area contributed by atoms with Gasteiger partial charge < -0.3 is 28.5 Å². The van der Waals surface area contributed by atoms with Gasteiger partial charge in [-0.2, -0.15) is 8.78 Å². The number of hydroxylamine groups is 2. The number of hydrogen-bond donors (Lipinski definition) is 2. The maximum Gasteiger partial charge on any atom is 0.517 e. The number of methoxy groups -OCH3 is 1. The van der Waals surface area contributed by atoms with E-state index in [0.717, 1.165) is 36.9 Å². The van der Waals surface area contributed by atoms with Gasteiger partial charge >= 0.3 is 37.4 Å². The lowest BCUT2D eigenvalue weighted by Crippen LogP contribution is -2.29. The van der Waals surface area contributed by atoms with Crippen LogP contribution >= 0.6 is 19.8 Å². The SMILES string of the molecule is C.C#[N+]C(=O)C(C)C.C=C1C=CC(=O)N1OC(=O)C(C)C.C=C1CC(C(C)C)C(=O)O1.CC(=O)C(C)C.CC(C)C(=O)OP(C)(=O)O.CC(C)CC1CC1.CC(C)N=C=O.CC(C)N=C=S.CC(C)S(C)(=O)=O.COC(=N)CC(C)C.Cc1c(F)c(F)c(OC(=O)C(C)C)c(F)c1F. The van der Waals surface area contributed by atoms with Crippen molar-refractivity contribution in [2.24, 2.45) is 69.2 Å². The van der Waals surface area contributed by atoms with Crippen molar-refractivity contribution in [3.05, 3.63) is 70.4 Å². The first kappa shape index (κ1) is 107. The largest absolute Gasteiger partial charge is 0.517 e. The summed E-state index contributed by atoms with van der Waals surface area (Å²) in [5.41, 5.74) is -0.427. The predicted molar refractivity (Wildman–Crippen MR) is 383 cm³/mol. The summed E-state index contributed by atoms with van der Waals surface area (Å²) in [7, 11) is -4.83. The Morgan fingerprint density at radius 2 is 1.19 bits per heavy atom. The number of carbonyl (C=O) groups excluding carboxylic acids is 8. The van der Waals surface area contributed by atoms with Crippen LogP contribution in [0.5, 0.6) is 5.75 Å². The predicted octanol–water partition coefficient (Wildman–Crippen LogP) is 16.6. The number of esters is 2. The van der Waals surface area contributed by atoms with E-state index >= 15 is 0 Å². The average molecular weight is 1460 g/mol. The van der Waals surface area contributed by atoms with Gasteiger partial charge in [-0.05, 0) is 118 Å². The van der Waals surface area contributed by atoms with Gasteiger partial charge in [0.05, 0.1) is 64.9 Å². The van der Waals surface area contributed by atoms with Crippen LogP contribution in [0, 0.1) is 101 Å². The second-order valence-electron chi connectivity index (χ2n) is 25.4. The number of sulfone groups is 1. The quantitative estimate of drug-likeness (QED) is 0.0179. The number of isothiocyanates is 1. The number of ketones is 1. The zero-order valence-corrected chi connectivity index (χ0v) is 64.8. The first-order valence-electron chi connectivity index (χ1n) is 31.3. The molecule has 1 aromatic rings. The molecule has 29 heteroatoms. The Hall–Kier alpha value is -6.87. The Morgan fingerprint density at radius 3 is 1.36 bits per heavy atom. The lowest BCUT2D eigenvalue weighted by atomic mass is 9.94. The number of carbonyl (C=O) groups is 7. The highest BCUT2D eigenvalue weighted by Crippen LogP contribution is 2.37. The molecule has 2 heterocycles. The van der Waals surface area contributed by atoms with E-state index in [1.807, 2.05) is 55.4 Å². The Bertz CT molecular complexity index is 2910. The average Bonchev–Trinajstić information content (AvgIpc) is 1.18. The summed E-state index contributed by atoms with van der Waals surface area (Å²) in [6, 6.07) is 0.407. The molecule has 0 bridgehead atoms. The number of thiocarbonyl (C=S) groups is 1. The minimum atomic E-state index is -3.63. The summed E-state index contributed by atoms with van der Waals surface area (Å²) < 4.78 is 102. The third kappa shape index (κ3) is 61.5. The van der Waals surface area contributed by atoms with Crippen LogP contribution in [0.1, 0.15) is 204 Å². The highest BCUT2D eigenvalue weighted by molar-refractivity contribution is 7.91. The van der Waals surface area contributed by atoms with Crippen molar-refractivity contribution in [1.82, 2.24) is 5.06 Å². The summed E-state index contributed by atoms with van der Waals surface area (Å²) in [5, 5.41) is 9.98. The van der Waals surface area contributed by atoms with Crippen LogP contribution in [-0.2, 0) is 71.6 Å². The normalized spacial score (nSPS) is 13.6. The Labute approximate surface area is 588 Å². The molecule has 0 aromatic heterocycles. The fourth-order valence-corrected chi connectivity index (χ4v) is 5.73. The first-order valence-corrected chi connectivity index (χ1v) is 35.7. The Balaban J connectivity index is -0.000000154. The molecule has 1 saturated carbocycles. The maximum atomic E-state index is 13.3. The minimum Gasteiger partial charge on any atom is -0.484 e. The summed E-state index contributed by atoms with van der Waals surface area (Å²) in [5.74, 6) is -7.62. The van der Waals surface area contributed by atoms with Gasteiger partial charge in [0, 0.05) is 48.2 Å². The number of allylic oxidation sites excluding steroid dienone is 2. The third-order valence-corrected chi connectivity index (χ3v) is 13.8. The van der Waals surface area contributed by atoms with Gasteiger partial charge in [0.25, 0.3) is 12.5 Å². The van der Waals surface area contributed by atoms with E-state index in [2.05, 4.69) is 93.6 Å². The smallest absolute Gasteiger partial charge is 0.484 e. The van der Waals surface area contributed by atoms with Gasteiger partial charge in [0.1, 0.15) is 21.4 Å². The molecule has 0 spiro atoms. The molecule has 3 aliphatic rings. The van der Waals surface area contributed by atoms with Gasteiger partial charge in [-0.15, -0.1) is 5.06 Å². The molecule has 1 saturated heterocycles. The molecule has 2 aliphatic heterocycles. The fourth-order valence-electron chi connectivity index (χ4n) is 4.98. The number of hydrogen-bond acceptors (Lipinski definition) is 20. The topological polar surface area (TPSA) is 310 Å². The second-order valence-corrected chi connectivity index (χ2v) is 30.0. The molecule has 98 heavy (non-hydrogen) atoms. The number of isocyanates is 1. The number of Topliss-reactive ketones (excluding diaryl/α,β-unsaturated/α-hetero) is 1. The van der Waals surface area contributed by atoms with E-state index in [0.29, 0.717) is 41.7 Å². The second kappa shape index (κ2) is 56.9. The Morgan fingerprint density at radius 1 is 0.776 bits per heavy atom. The third-order valence-electron chi connectivity index (χ3n) is 11.4. The van der Waals surface area contributed by atoms with Crippen molar-refractivity contribution in [2.75, 3.05) is 20.0 Å². The summed E-state index contributed by atoms with van der Waals surface area (Å²) >= 11 is 4.31. The van der Waals surface area contributed by atoms with E-state index in [-0.39, 0.29) is 71.9 Å². The summed E-state index contributed by atoms with van der Waals surface area (Å²) in [6.45, 7) is 55.6. The molecule has 2 unspecified atom stereocenters. The number of amides is 2. The number of benzene rings is 1. The highest BCUT2D eigenvalue weighted by Gasteiger charge is 2.32. The molecular formula is C69H117F4N5O17PS2+. The van der Waals surface area contributed by atoms with E-state index in [4.69, 9.17) is 19.9 Å². The lowest BCUT2D eigenvalue weighted by molar-refractivity contribution is -0.188. The number of nitrogens with one attached hydrogen (secondary N) is 1. The number of ether oxygens (including phenoxy) is 3. The fraction of sp³-hybridized carbons (Fsp3) is 0.667. The highest BCUT2D eigenvalue weighted by atomic mass is 32.2. The number of rotatable bonds is 16. The van der Waals surface area contributed by atoms with Crippen molar-refractivity contribution < 1.29 is 97.4 Å². The molecule has 22 nitrogen and oxygen atoms in total. The van der Waals surface area contributed by atoms with E-state index in [9.17, 15) is 68.9 Å². The number of aliphatic imine (C=N–C) groups is 2. The lowest BCUT2D eigenvalue weighted by Gasteiger charge is -2.16.